The van der Waals surface area contributed by atoms with Crippen LogP contribution in [0.4, 0.5) is 5.69 Å². The zero-order chi connectivity index (χ0) is 15.6. The summed E-state index contributed by atoms with van der Waals surface area (Å²) in [6.07, 6.45) is 1.52. The van der Waals surface area contributed by atoms with Gasteiger partial charge in [0.25, 0.3) is 5.91 Å². The first kappa shape index (κ1) is 15.3. The molecule has 1 aliphatic heterocycles. The van der Waals surface area contributed by atoms with E-state index in [2.05, 4.69) is 0 Å². The fourth-order valence-corrected chi connectivity index (χ4v) is 2.82. The Bertz CT molecular complexity index is 570. The zero-order valence-electron chi connectivity index (χ0n) is 12.1. The summed E-state index contributed by atoms with van der Waals surface area (Å²) in [6, 6.07) is 3.84. The number of carbonyl (C=O) groups is 2. The first-order chi connectivity index (χ1) is 9.88. The van der Waals surface area contributed by atoms with E-state index in [1.807, 2.05) is 17.9 Å². The molecule has 21 heavy (non-hydrogen) atoms. The van der Waals surface area contributed by atoms with Gasteiger partial charge in [-0.15, -0.1) is 0 Å². The second kappa shape index (κ2) is 6.13. The highest BCUT2D eigenvalue weighted by Gasteiger charge is 2.25. The lowest BCUT2D eigenvalue weighted by Gasteiger charge is -2.21. The topological polar surface area (TPSA) is 110 Å². The van der Waals surface area contributed by atoms with Crippen LogP contribution in [0, 0.1) is 0 Å². The van der Waals surface area contributed by atoms with Crippen LogP contribution in [-0.2, 0) is 17.6 Å². The number of hydrogen-bond donors (Lipinski definition) is 3. The lowest BCUT2D eigenvalue weighted by molar-refractivity contribution is -0.136. The molecule has 1 amide bonds. The third-order valence-electron chi connectivity index (χ3n) is 3.63. The van der Waals surface area contributed by atoms with Crippen molar-refractivity contribution in [3.05, 3.63) is 28.8 Å². The van der Waals surface area contributed by atoms with E-state index in [0.29, 0.717) is 25.1 Å². The third-order valence-corrected chi connectivity index (χ3v) is 3.63. The summed E-state index contributed by atoms with van der Waals surface area (Å²) in [6.45, 7) is 3.01. The number of primary amides is 1. The van der Waals surface area contributed by atoms with Gasteiger partial charge in [-0.25, -0.2) is 0 Å². The molecule has 0 bridgehead atoms. The summed E-state index contributed by atoms with van der Waals surface area (Å²) in [5.74, 6) is -1.34. The average Bonchev–Trinajstić information content (AvgIpc) is 2.77. The molecule has 1 aromatic carbocycles. The summed E-state index contributed by atoms with van der Waals surface area (Å²) >= 11 is 0. The van der Waals surface area contributed by atoms with Crippen molar-refractivity contribution in [3.63, 3.8) is 0 Å². The third kappa shape index (κ3) is 3.52. The number of carbonyl (C=O) groups excluding carboxylic acids is 1. The van der Waals surface area contributed by atoms with Crippen molar-refractivity contribution < 1.29 is 14.7 Å². The number of carboxylic acids is 1. The van der Waals surface area contributed by atoms with Gasteiger partial charge in [0.15, 0.2) is 0 Å². The molecule has 0 spiro atoms. The van der Waals surface area contributed by atoms with Crippen LogP contribution in [0.1, 0.15) is 34.8 Å². The number of fused-ring (bicyclic) bond motifs is 1. The number of amides is 1. The van der Waals surface area contributed by atoms with Gasteiger partial charge in [0, 0.05) is 19.1 Å². The Hall–Kier alpha value is -2.08. The number of carboxylic acid groups (broad SMARTS) is 1. The smallest absolute Gasteiger partial charge is 0.305 e. The fraction of sp³-hybridized carbons (Fsp3) is 0.467. The monoisotopic (exact) mass is 291 g/mol. The second-order valence-corrected chi connectivity index (χ2v) is 5.58. The van der Waals surface area contributed by atoms with Crippen LogP contribution in [0.2, 0.25) is 0 Å². The molecular weight excluding hydrogens is 270 g/mol. The molecule has 0 saturated carbocycles. The summed E-state index contributed by atoms with van der Waals surface area (Å²) < 4.78 is 0. The SMILES string of the molecule is C[C@@H](N)Cc1cc2c(c(C(N)=O)c1)N(CCC(=O)O)CC2. The fourth-order valence-electron chi connectivity index (χ4n) is 2.82. The van der Waals surface area contributed by atoms with E-state index in [4.69, 9.17) is 16.6 Å². The van der Waals surface area contributed by atoms with E-state index in [1.54, 1.807) is 6.07 Å². The molecule has 5 N–H and O–H groups in total. The predicted octanol–water partition coefficient (Wildman–Crippen LogP) is 0.512. The molecular formula is C15H21N3O3. The maximum absolute atomic E-state index is 11.7. The van der Waals surface area contributed by atoms with Crippen molar-refractivity contribution in [2.24, 2.45) is 11.5 Å². The Labute approximate surface area is 123 Å². The van der Waals surface area contributed by atoms with Crippen LogP contribution < -0.4 is 16.4 Å². The van der Waals surface area contributed by atoms with Crippen LogP contribution >= 0.6 is 0 Å². The Morgan fingerprint density at radius 2 is 2.14 bits per heavy atom. The normalized spacial score (nSPS) is 14.9. The van der Waals surface area contributed by atoms with Crippen molar-refractivity contribution in [1.29, 1.82) is 0 Å². The highest BCUT2D eigenvalue weighted by Crippen LogP contribution is 2.33. The highest BCUT2D eigenvalue weighted by molar-refractivity contribution is 6.00. The molecule has 0 aliphatic carbocycles. The van der Waals surface area contributed by atoms with Gasteiger partial charge in [-0.1, -0.05) is 6.07 Å². The Morgan fingerprint density at radius 1 is 1.43 bits per heavy atom. The van der Waals surface area contributed by atoms with Crippen LogP contribution in [0.15, 0.2) is 12.1 Å². The zero-order valence-corrected chi connectivity index (χ0v) is 12.1. The molecule has 1 aliphatic rings. The van der Waals surface area contributed by atoms with Gasteiger partial charge < -0.3 is 21.5 Å². The van der Waals surface area contributed by atoms with Crippen molar-refractivity contribution in [3.8, 4) is 0 Å². The molecule has 0 fully saturated rings. The quantitative estimate of drug-likeness (QED) is 0.707. The maximum Gasteiger partial charge on any atom is 0.305 e. The maximum atomic E-state index is 11.7. The van der Waals surface area contributed by atoms with E-state index in [9.17, 15) is 9.59 Å². The molecule has 2 rings (SSSR count). The van der Waals surface area contributed by atoms with Gasteiger partial charge in [-0.05, 0) is 37.0 Å². The van der Waals surface area contributed by atoms with Crippen LogP contribution in [0.5, 0.6) is 0 Å². The highest BCUT2D eigenvalue weighted by atomic mass is 16.4. The van der Waals surface area contributed by atoms with Crippen molar-refractivity contribution >= 4 is 17.6 Å². The van der Waals surface area contributed by atoms with Crippen molar-refractivity contribution in [1.82, 2.24) is 0 Å². The molecule has 0 radical (unpaired) electrons. The van der Waals surface area contributed by atoms with Gasteiger partial charge >= 0.3 is 5.97 Å². The van der Waals surface area contributed by atoms with Gasteiger partial charge in [0.2, 0.25) is 0 Å². The molecule has 1 heterocycles. The van der Waals surface area contributed by atoms with Crippen LogP contribution in [0.3, 0.4) is 0 Å². The van der Waals surface area contributed by atoms with Gasteiger partial charge in [-0.3, -0.25) is 9.59 Å². The van der Waals surface area contributed by atoms with Gasteiger partial charge in [0.05, 0.1) is 17.7 Å². The van der Waals surface area contributed by atoms with Crippen LogP contribution in [0.25, 0.3) is 0 Å². The van der Waals surface area contributed by atoms with E-state index in [1.165, 1.54) is 0 Å². The largest absolute Gasteiger partial charge is 0.481 e. The molecule has 1 aromatic rings. The number of rotatable bonds is 6. The molecule has 6 nitrogen and oxygen atoms in total. The minimum absolute atomic E-state index is 0.00768. The molecule has 0 unspecified atom stereocenters. The average molecular weight is 291 g/mol. The second-order valence-electron chi connectivity index (χ2n) is 5.58. The molecule has 114 valence electrons. The first-order valence-electron chi connectivity index (χ1n) is 7.06. The van der Waals surface area contributed by atoms with E-state index in [-0.39, 0.29) is 12.5 Å². The molecule has 0 aromatic heterocycles. The van der Waals surface area contributed by atoms with Gasteiger partial charge in [0.1, 0.15) is 0 Å². The molecule has 0 saturated heterocycles. The number of nitrogens with two attached hydrogens (primary N) is 2. The van der Waals surface area contributed by atoms with Gasteiger partial charge in [-0.2, -0.15) is 0 Å². The Kier molecular flexibility index (Phi) is 4.47. The summed E-state index contributed by atoms with van der Waals surface area (Å²) in [7, 11) is 0. The number of benzene rings is 1. The predicted molar refractivity (Wildman–Crippen MR) is 80.5 cm³/mol. The lowest BCUT2D eigenvalue weighted by atomic mass is 9.98. The number of aliphatic carboxylic acids is 1. The van der Waals surface area contributed by atoms with E-state index in [0.717, 1.165) is 23.2 Å². The van der Waals surface area contributed by atoms with Crippen molar-refractivity contribution in [2.45, 2.75) is 32.2 Å². The number of nitrogens with zero attached hydrogens (tertiary/aromatic N) is 1. The molecule has 6 heteroatoms. The Balaban J connectivity index is 2.35. The summed E-state index contributed by atoms with van der Waals surface area (Å²) in [5, 5.41) is 8.81. The number of anilines is 1. The van der Waals surface area contributed by atoms with Crippen molar-refractivity contribution in [2.75, 3.05) is 18.0 Å². The summed E-state index contributed by atoms with van der Waals surface area (Å²) in [4.78, 5) is 24.4. The lowest BCUT2D eigenvalue weighted by Crippen LogP contribution is -2.26. The van der Waals surface area contributed by atoms with Crippen LogP contribution in [-0.4, -0.2) is 36.1 Å². The minimum Gasteiger partial charge on any atom is -0.481 e. The number of hydrogen-bond acceptors (Lipinski definition) is 4. The van der Waals surface area contributed by atoms with E-state index >= 15 is 0 Å². The van der Waals surface area contributed by atoms with E-state index < -0.39 is 11.9 Å². The Morgan fingerprint density at radius 3 is 2.71 bits per heavy atom. The summed E-state index contributed by atoms with van der Waals surface area (Å²) in [5.41, 5.74) is 14.6. The first-order valence-corrected chi connectivity index (χ1v) is 7.06. The standard InChI is InChI=1S/C15H21N3O3/c1-9(16)6-10-7-11-2-4-18(5-3-13(19)20)14(11)12(8-10)15(17)21/h7-9H,2-6,16H2,1H3,(H2,17,21)(H,19,20)/t9-/m1/s1. The minimum atomic E-state index is -0.849. The molecule has 1 atom stereocenters.